The average molecular weight is 622 g/mol. The summed E-state index contributed by atoms with van der Waals surface area (Å²) in [6.07, 6.45) is 9.06. The fourth-order valence-electron chi connectivity index (χ4n) is 5.63. The third kappa shape index (κ3) is 6.11. The van der Waals surface area contributed by atoms with Crippen LogP contribution in [0.1, 0.15) is 42.6 Å². The second kappa shape index (κ2) is 13.6. The minimum atomic E-state index is -0.909. The smallest absolute Gasteiger partial charge is 0.413 e. The van der Waals surface area contributed by atoms with Crippen molar-refractivity contribution in [1.29, 1.82) is 0 Å². The van der Waals surface area contributed by atoms with Gasteiger partial charge in [-0.15, -0.1) is 11.3 Å². The van der Waals surface area contributed by atoms with Gasteiger partial charge in [0.2, 0.25) is 5.70 Å². The zero-order valence-electron chi connectivity index (χ0n) is 24.2. The molecule has 4 heterocycles. The van der Waals surface area contributed by atoms with Crippen molar-refractivity contribution in [3.8, 4) is 0 Å². The van der Waals surface area contributed by atoms with Crippen LogP contribution in [-0.2, 0) is 41.5 Å². The average Bonchev–Trinajstić information content (AvgIpc) is 3.50. The fourth-order valence-corrected chi connectivity index (χ4v) is 6.31. The number of pyridine rings is 1. The lowest BCUT2D eigenvalue weighted by molar-refractivity contribution is -0.594. The van der Waals surface area contributed by atoms with Crippen LogP contribution >= 0.6 is 11.3 Å². The summed E-state index contributed by atoms with van der Waals surface area (Å²) >= 11 is 1.05. The third-order valence-electron chi connectivity index (χ3n) is 7.50. The van der Waals surface area contributed by atoms with Gasteiger partial charge in [-0.25, -0.2) is 14.6 Å². The van der Waals surface area contributed by atoms with Crippen molar-refractivity contribution >= 4 is 51.8 Å². The van der Waals surface area contributed by atoms with E-state index in [1.807, 2.05) is 16.8 Å². The Morgan fingerprint density at radius 2 is 1.95 bits per heavy atom. The molecule has 0 spiro atoms. The van der Waals surface area contributed by atoms with Gasteiger partial charge in [0.25, 0.3) is 11.8 Å². The lowest BCUT2D eigenvalue weighted by Crippen LogP contribution is -2.72. The second-order valence-electron chi connectivity index (χ2n) is 10.2. The van der Waals surface area contributed by atoms with Gasteiger partial charge in [0.05, 0.1) is 6.04 Å². The highest BCUT2D eigenvalue weighted by Gasteiger charge is 2.56. The Kier molecular flexibility index (Phi) is 9.48. The Bertz CT molecular complexity index is 1560. The number of anilines is 1. The maximum absolute atomic E-state index is 13.6. The molecule has 0 radical (unpaired) electrons. The Balaban J connectivity index is 1.37. The van der Waals surface area contributed by atoms with Crippen LogP contribution in [0.5, 0.6) is 0 Å². The van der Waals surface area contributed by atoms with E-state index in [0.29, 0.717) is 18.5 Å². The quantitative estimate of drug-likeness (QED) is 0.0970. The highest BCUT2D eigenvalue weighted by Crippen LogP contribution is 2.38. The third-order valence-corrected chi connectivity index (χ3v) is 8.26. The summed E-state index contributed by atoms with van der Waals surface area (Å²) in [5, 5.41) is 10.7. The van der Waals surface area contributed by atoms with E-state index in [1.165, 1.54) is 35.1 Å². The number of carbonyl (C=O) groups is 4. The maximum Gasteiger partial charge on any atom is 0.413 e. The number of allylic oxidation sites excluding steroid dienone is 1. The first-order chi connectivity index (χ1) is 21.4. The number of thiazole rings is 1. The van der Waals surface area contributed by atoms with E-state index >= 15 is 0 Å². The lowest BCUT2D eigenvalue weighted by Gasteiger charge is -2.49. The van der Waals surface area contributed by atoms with Gasteiger partial charge in [0.1, 0.15) is 32.1 Å². The maximum atomic E-state index is 13.6. The number of carbonyl (C=O) groups excluding carboxylic acids is 4. The number of aryl methyl sites for hydroxylation is 1. The van der Waals surface area contributed by atoms with Gasteiger partial charge in [-0.1, -0.05) is 30.5 Å². The molecule has 2 aliphatic heterocycles. The normalized spacial score (nSPS) is 19.2. The summed E-state index contributed by atoms with van der Waals surface area (Å²) in [7, 11) is 1.27. The number of hydrogen-bond acceptors (Lipinski definition) is 10. The van der Waals surface area contributed by atoms with Crippen LogP contribution in [0.3, 0.4) is 0 Å². The van der Waals surface area contributed by atoms with Crippen LogP contribution < -0.4 is 15.2 Å². The predicted octanol–water partition coefficient (Wildman–Crippen LogP) is 2.48. The van der Waals surface area contributed by atoms with E-state index in [1.54, 1.807) is 0 Å². The summed E-state index contributed by atoms with van der Waals surface area (Å²) in [4.78, 5) is 62.7. The van der Waals surface area contributed by atoms with E-state index in [4.69, 9.17) is 14.3 Å². The van der Waals surface area contributed by atoms with Crippen molar-refractivity contribution in [3.05, 3.63) is 71.7 Å². The topological polar surface area (TPSA) is 152 Å². The molecule has 44 heavy (non-hydrogen) atoms. The van der Waals surface area contributed by atoms with Crippen molar-refractivity contribution < 1.29 is 38.1 Å². The Labute approximate surface area is 257 Å². The predicted molar refractivity (Wildman–Crippen MR) is 160 cm³/mol. The van der Waals surface area contributed by atoms with Crippen molar-refractivity contribution in [2.75, 3.05) is 25.6 Å². The van der Waals surface area contributed by atoms with Crippen LogP contribution in [-0.4, -0.2) is 71.9 Å². The van der Waals surface area contributed by atoms with E-state index in [9.17, 15) is 19.2 Å². The SMILES string of the molecule is C=CCOC(=O)Nc1nc(C(=NOC)C(=O)N[C@H]2C(=O)N3C(C(=O)OCC=C)=C([n+]4cccc5c4CCCC5)CCC23)cs1. The molecule has 2 aromatic rings. The van der Waals surface area contributed by atoms with Crippen LogP contribution in [0.2, 0.25) is 0 Å². The van der Waals surface area contributed by atoms with Gasteiger partial charge >= 0.3 is 12.1 Å². The molecule has 3 aliphatic rings. The van der Waals surface area contributed by atoms with Crippen LogP contribution in [0.15, 0.2) is 59.9 Å². The van der Waals surface area contributed by atoms with Crippen LogP contribution in [0.25, 0.3) is 5.70 Å². The molecule has 2 atom stereocenters. The molecule has 3 amide bonds. The summed E-state index contributed by atoms with van der Waals surface area (Å²) in [5.41, 5.74) is 3.17. The number of ether oxygens (including phenoxy) is 2. The molecule has 0 aromatic carbocycles. The zero-order chi connectivity index (χ0) is 31.2. The first-order valence-electron chi connectivity index (χ1n) is 14.2. The Morgan fingerprint density at radius 3 is 2.73 bits per heavy atom. The van der Waals surface area contributed by atoms with Crippen molar-refractivity contribution in [1.82, 2.24) is 15.2 Å². The molecule has 230 valence electrons. The largest absolute Gasteiger partial charge is 0.457 e. The van der Waals surface area contributed by atoms with Gasteiger partial charge in [-0.05, 0) is 31.7 Å². The minimum absolute atomic E-state index is 0.00660. The first-order valence-corrected chi connectivity index (χ1v) is 15.1. The molecular weight excluding hydrogens is 588 g/mol. The number of oxime groups is 1. The highest BCUT2D eigenvalue weighted by atomic mass is 32.1. The van der Waals surface area contributed by atoms with Gasteiger partial charge in [0, 0.05) is 29.9 Å². The first kappa shape index (κ1) is 30.6. The van der Waals surface area contributed by atoms with E-state index < -0.39 is 36.0 Å². The number of aromatic nitrogens is 2. The number of esters is 1. The minimum Gasteiger partial charge on any atom is -0.457 e. The molecule has 1 fully saturated rings. The van der Waals surface area contributed by atoms with Gasteiger partial charge in [-0.3, -0.25) is 19.8 Å². The van der Waals surface area contributed by atoms with Crippen LogP contribution in [0, 0.1) is 0 Å². The lowest BCUT2D eigenvalue weighted by atomic mass is 9.84. The number of rotatable bonds is 11. The van der Waals surface area contributed by atoms with Crippen LogP contribution in [0.4, 0.5) is 9.93 Å². The van der Waals surface area contributed by atoms with Gasteiger partial charge in [0.15, 0.2) is 28.4 Å². The molecule has 2 aromatic heterocycles. The molecule has 14 heteroatoms. The molecular formula is C30H33N6O7S+. The summed E-state index contributed by atoms with van der Waals surface area (Å²) in [6.45, 7) is 7.12. The van der Waals surface area contributed by atoms with Crippen molar-refractivity contribution in [2.45, 2.75) is 50.6 Å². The molecule has 2 N–H and O–H groups in total. The number of fused-ring (bicyclic) bond motifs is 2. The molecule has 0 saturated carbocycles. The van der Waals surface area contributed by atoms with Gasteiger partial charge < -0.3 is 19.6 Å². The summed E-state index contributed by atoms with van der Waals surface area (Å²) in [6, 6.07) is 2.67. The number of amides is 3. The molecule has 5 rings (SSSR count). The molecule has 13 nitrogen and oxygen atoms in total. The number of nitrogens with zero attached hydrogens (tertiary/aromatic N) is 4. The number of hydrogen-bond donors (Lipinski definition) is 2. The number of β-lactam (4-membered cyclic amide) rings is 1. The van der Waals surface area contributed by atoms with Crippen molar-refractivity contribution in [3.63, 3.8) is 0 Å². The summed E-state index contributed by atoms with van der Waals surface area (Å²) < 4.78 is 12.3. The fraction of sp³-hybridized carbons (Fsp3) is 0.367. The highest BCUT2D eigenvalue weighted by molar-refractivity contribution is 7.14. The second-order valence-corrected chi connectivity index (χ2v) is 11.0. The monoisotopic (exact) mass is 621 g/mol. The molecule has 1 unspecified atom stereocenters. The van der Waals surface area contributed by atoms with E-state index in [2.05, 4.69) is 40.0 Å². The zero-order valence-corrected chi connectivity index (χ0v) is 25.1. The Hall–Kier alpha value is -4.85. The number of nitrogens with one attached hydrogen (secondary N) is 2. The molecule has 1 aliphatic carbocycles. The summed E-state index contributed by atoms with van der Waals surface area (Å²) in [5.74, 6) is -1.77. The van der Waals surface area contributed by atoms with E-state index in [-0.39, 0.29) is 35.4 Å². The Morgan fingerprint density at radius 1 is 1.18 bits per heavy atom. The molecule has 0 bridgehead atoms. The standard InChI is InChI=1S/C30H32N6O7S/c1-4-15-42-28(39)25-22(35-14-8-10-18-9-6-7-11-20(18)35)13-12-21-24(27(38)36(21)25)32-26(37)23(34-41-3)19-17-44-29(31-19)33-30(40)43-16-5-2/h4-5,8,10,14,17,21,24H,1-2,6-7,9,11-13,15-16H2,3H3,(H-,31,32,33,37,40)/p+1/t21?,24-/m1/s1. The van der Waals surface area contributed by atoms with E-state index in [0.717, 1.165) is 42.7 Å². The van der Waals surface area contributed by atoms with Gasteiger partial charge in [-0.2, -0.15) is 4.57 Å². The molecule has 1 saturated heterocycles. The van der Waals surface area contributed by atoms with Crippen molar-refractivity contribution in [2.24, 2.45) is 5.16 Å².